The van der Waals surface area contributed by atoms with E-state index in [9.17, 15) is 10.2 Å². The van der Waals surface area contributed by atoms with Crippen molar-refractivity contribution in [2.75, 3.05) is 13.2 Å². The number of hydrogen-bond acceptors (Lipinski definition) is 7. The van der Waals surface area contributed by atoms with Gasteiger partial charge in [-0.15, -0.1) is 0 Å². The molecule has 7 nitrogen and oxygen atoms in total. The summed E-state index contributed by atoms with van der Waals surface area (Å²) < 4.78 is 28.4. The Morgan fingerprint density at radius 1 is 1.06 bits per heavy atom. The third-order valence-corrected chi connectivity index (χ3v) is 6.14. The van der Waals surface area contributed by atoms with Crippen molar-refractivity contribution >= 4 is 11.6 Å². The molecule has 3 aliphatic heterocycles. The smallest absolute Gasteiger partial charge is 0.190 e. The van der Waals surface area contributed by atoms with E-state index >= 15 is 0 Å². The van der Waals surface area contributed by atoms with E-state index in [1.807, 2.05) is 24.3 Å². The predicted octanol–water partition coefficient (Wildman–Crippen LogP) is 2.97. The predicted molar refractivity (Wildman–Crippen MR) is 111 cm³/mol. The van der Waals surface area contributed by atoms with Gasteiger partial charge >= 0.3 is 0 Å². The van der Waals surface area contributed by atoms with E-state index in [4.69, 9.17) is 35.3 Å². The molecule has 2 N–H and O–H groups in total. The Labute approximate surface area is 185 Å². The van der Waals surface area contributed by atoms with Crippen LogP contribution in [0.3, 0.4) is 0 Å². The van der Waals surface area contributed by atoms with Gasteiger partial charge in [0.15, 0.2) is 23.6 Å². The summed E-state index contributed by atoms with van der Waals surface area (Å²) in [6.07, 6.45) is -3.75. The molecule has 2 aromatic rings. The number of rotatable bonds is 4. The van der Waals surface area contributed by atoms with Gasteiger partial charge in [0, 0.05) is 5.02 Å². The molecule has 0 aromatic heterocycles. The summed E-state index contributed by atoms with van der Waals surface area (Å²) in [5.74, 6) is 0.618. The third kappa shape index (κ3) is 4.02. The monoisotopic (exact) mass is 448 g/mol. The summed E-state index contributed by atoms with van der Waals surface area (Å²) >= 11 is 6.43. The fourth-order valence-corrected chi connectivity index (χ4v) is 4.48. The van der Waals surface area contributed by atoms with Crippen LogP contribution in [0.15, 0.2) is 36.4 Å². The van der Waals surface area contributed by atoms with Crippen LogP contribution in [-0.4, -0.2) is 53.8 Å². The highest BCUT2D eigenvalue weighted by Gasteiger charge is 2.56. The summed E-state index contributed by atoms with van der Waals surface area (Å²) in [7, 11) is 0. The van der Waals surface area contributed by atoms with E-state index in [0.717, 1.165) is 16.9 Å². The summed E-state index contributed by atoms with van der Waals surface area (Å²) in [5.41, 5.74) is 2.45. The summed E-state index contributed by atoms with van der Waals surface area (Å²) in [6.45, 7) is 4.59. The van der Waals surface area contributed by atoms with Crippen molar-refractivity contribution in [2.24, 2.45) is 0 Å². The highest BCUT2D eigenvalue weighted by Crippen LogP contribution is 2.41. The Bertz CT molecular complexity index is 978. The van der Waals surface area contributed by atoms with Crippen molar-refractivity contribution < 1.29 is 33.9 Å². The average Bonchev–Trinajstić information content (AvgIpc) is 3.21. The number of halogens is 1. The molecule has 5 rings (SSSR count). The molecule has 0 amide bonds. The van der Waals surface area contributed by atoms with Gasteiger partial charge in [-0.2, -0.15) is 0 Å². The Hall–Kier alpha value is -1.87. The first-order valence-electron chi connectivity index (χ1n) is 10.3. The quantitative estimate of drug-likeness (QED) is 0.743. The highest BCUT2D eigenvalue weighted by molar-refractivity contribution is 6.31. The van der Waals surface area contributed by atoms with E-state index in [2.05, 4.69) is 0 Å². The maximum atomic E-state index is 10.9. The molecule has 0 aliphatic carbocycles. The molecular formula is C23H25ClO7. The second kappa shape index (κ2) is 7.92. The van der Waals surface area contributed by atoms with Crippen molar-refractivity contribution in [3.8, 4) is 11.5 Å². The lowest BCUT2D eigenvalue weighted by molar-refractivity contribution is -0.226. The zero-order valence-corrected chi connectivity index (χ0v) is 18.0. The maximum absolute atomic E-state index is 10.9. The maximum Gasteiger partial charge on any atom is 0.190 e. The molecule has 2 fully saturated rings. The summed E-state index contributed by atoms with van der Waals surface area (Å²) in [4.78, 5) is 0. The molecule has 2 saturated heterocycles. The van der Waals surface area contributed by atoms with Crippen LogP contribution in [0, 0.1) is 0 Å². The second-order valence-corrected chi connectivity index (χ2v) is 8.92. The van der Waals surface area contributed by atoms with Gasteiger partial charge < -0.3 is 33.9 Å². The standard InChI is InChI=1S/C23H25ClO7/c1-23(2)30-21-19(26)20(29-22(21)31-23)18(25)13-4-5-15(24)14(11-13)9-12-3-6-16-17(10-12)28-8-7-27-16/h3-6,10-11,18-22,25-26H,7-9H2,1-2H3/t18-,19?,20?,21?,22?/m0/s1. The topological polar surface area (TPSA) is 86.6 Å². The van der Waals surface area contributed by atoms with Gasteiger partial charge in [-0.05, 0) is 55.2 Å². The van der Waals surface area contributed by atoms with E-state index in [1.54, 1.807) is 26.0 Å². The van der Waals surface area contributed by atoms with Crippen molar-refractivity contribution in [3.05, 3.63) is 58.1 Å². The van der Waals surface area contributed by atoms with Crippen LogP contribution in [0.5, 0.6) is 11.5 Å². The molecule has 0 saturated carbocycles. The zero-order valence-electron chi connectivity index (χ0n) is 17.3. The van der Waals surface area contributed by atoms with Gasteiger partial charge in [-0.1, -0.05) is 29.8 Å². The SMILES string of the molecule is CC1(C)OC2OC([C@@H](O)c3ccc(Cl)c(Cc4ccc5c(c4)OCCO5)c3)C(O)C2O1. The Morgan fingerprint density at radius 2 is 1.84 bits per heavy atom. The molecule has 31 heavy (non-hydrogen) atoms. The first-order chi connectivity index (χ1) is 14.8. The van der Waals surface area contributed by atoms with Crippen LogP contribution in [0.1, 0.15) is 36.6 Å². The zero-order chi connectivity index (χ0) is 21.8. The number of aliphatic hydroxyl groups is 2. The first kappa shape index (κ1) is 21.0. The molecule has 8 heteroatoms. The van der Waals surface area contributed by atoms with E-state index in [0.29, 0.717) is 36.0 Å². The molecule has 3 aliphatic rings. The van der Waals surface area contributed by atoms with Crippen LogP contribution in [-0.2, 0) is 20.6 Å². The van der Waals surface area contributed by atoms with E-state index in [-0.39, 0.29) is 0 Å². The highest BCUT2D eigenvalue weighted by atomic mass is 35.5. The summed E-state index contributed by atoms with van der Waals surface area (Å²) in [6, 6.07) is 11.1. The van der Waals surface area contributed by atoms with Crippen LogP contribution < -0.4 is 9.47 Å². The molecule has 3 heterocycles. The Morgan fingerprint density at radius 3 is 2.61 bits per heavy atom. The van der Waals surface area contributed by atoms with Crippen LogP contribution in [0.4, 0.5) is 0 Å². The van der Waals surface area contributed by atoms with Gasteiger partial charge in [0.1, 0.15) is 37.6 Å². The van der Waals surface area contributed by atoms with Crippen molar-refractivity contribution in [3.63, 3.8) is 0 Å². The minimum Gasteiger partial charge on any atom is -0.486 e. The fourth-order valence-electron chi connectivity index (χ4n) is 4.30. The molecular weight excluding hydrogens is 424 g/mol. The molecule has 0 radical (unpaired) electrons. The second-order valence-electron chi connectivity index (χ2n) is 8.51. The molecule has 0 bridgehead atoms. The van der Waals surface area contributed by atoms with Gasteiger partial charge in [-0.3, -0.25) is 0 Å². The molecule has 4 unspecified atom stereocenters. The minimum absolute atomic E-state index is 0.523. The number of benzene rings is 2. The number of ether oxygens (including phenoxy) is 5. The lowest BCUT2D eigenvalue weighted by Crippen LogP contribution is -2.37. The normalized spacial score (nSPS) is 29.6. The van der Waals surface area contributed by atoms with Gasteiger partial charge in [-0.25, -0.2) is 0 Å². The molecule has 166 valence electrons. The van der Waals surface area contributed by atoms with Crippen molar-refractivity contribution in [2.45, 2.75) is 56.8 Å². The molecule has 5 atom stereocenters. The largest absolute Gasteiger partial charge is 0.486 e. The molecule has 0 spiro atoms. The Balaban J connectivity index is 1.34. The van der Waals surface area contributed by atoms with Gasteiger partial charge in [0.25, 0.3) is 0 Å². The van der Waals surface area contributed by atoms with Crippen LogP contribution in [0.2, 0.25) is 5.02 Å². The number of aliphatic hydroxyl groups excluding tert-OH is 2. The molecule has 2 aromatic carbocycles. The average molecular weight is 449 g/mol. The summed E-state index contributed by atoms with van der Waals surface area (Å²) in [5, 5.41) is 22.2. The van der Waals surface area contributed by atoms with Gasteiger partial charge in [0.05, 0.1) is 0 Å². The number of hydrogen-bond donors (Lipinski definition) is 2. The lowest BCUT2D eigenvalue weighted by Gasteiger charge is -2.26. The van der Waals surface area contributed by atoms with Crippen molar-refractivity contribution in [1.29, 1.82) is 0 Å². The number of fused-ring (bicyclic) bond motifs is 2. The van der Waals surface area contributed by atoms with E-state index < -0.39 is 36.5 Å². The first-order valence-corrected chi connectivity index (χ1v) is 10.7. The van der Waals surface area contributed by atoms with Gasteiger partial charge in [0.2, 0.25) is 0 Å². The fraction of sp³-hybridized carbons (Fsp3) is 0.478. The third-order valence-electron chi connectivity index (χ3n) is 5.78. The Kier molecular flexibility index (Phi) is 5.37. The van der Waals surface area contributed by atoms with Crippen molar-refractivity contribution in [1.82, 2.24) is 0 Å². The minimum atomic E-state index is -1.06. The lowest BCUT2D eigenvalue weighted by atomic mass is 9.95. The van der Waals surface area contributed by atoms with Crippen LogP contribution in [0.25, 0.3) is 0 Å². The van der Waals surface area contributed by atoms with Crippen LogP contribution >= 0.6 is 11.6 Å². The van der Waals surface area contributed by atoms with E-state index in [1.165, 1.54) is 0 Å².